The number of nitrogens with one attached hydrogen (secondary N) is 2. The zero-order chi connectivity index (χ0) is 20.5. The lowest BCUT2D eigenvalue weighted by atomic mass is 10.0. The maximum Gasteiger partial charge on any atom is 0.258 e. The summed E-state index contributed by atoms with van der Waals surface area (Å²) < 4.78 is 0.696. The van der Waals surface area contributed by atoms with Gasteiger partial charge in [-0.1, -0.05) is 60.1 Å². The van der Waals surface area contributed by atoms with Crippen LogP contribution in [0.4, 0.5) is 5.95 Å². The van der Waals surface area contributed by atoms with Gasteiger partial charge in [0.1, 0.15) is 0 Å². The third kappa shape index (κ3) is 3.58. The average molecular weight is 431 g/mol. The molecule has 0 bridgehead atoms. The van der Waals surface area contributed by atoms with Gasteiger partial charge in [-0.05, 0) is 24.3 Å². The summed E-state index contributed by atoms with van der Waals surface area (Å²) in [5.41, 5.74) is 3.79. The summed E-state index contributed by atoms with van der Waals surface area (Å²) in [6.07, 6.45) is 1.68. The predicted octanol–water partition coefficient (Wildman–Crippen LogP) is 6.26. The molecule has 0 saturated carbocycles. The molecule has 1 amide bonds. The molecule has 5 nitrogen and oxygen atoms in total. The van der Waals surface area contributed by atoms with Gasteiger partial charge in [0.25, 0.3) is 5.91 Å². The molecule has 0 radical (unpaired) electrons. The third-order valence-corrected chi connectivity index (χ3v) is 5.94. The second-order valence-electron chi connectivity index (χ2n) is 6.64. The van der Waals surface area contributed by atoms with Crippen molar-refractivity contribution in [3.05, 3.63) is 88.9 Å². The van der Waals surface area contributed by atoms with Crippen molar-refractivity contribution in [1.82, 2.24) is 15.0 Å². The van der Waals surface area contributed by atoms with Crippen molar-refractivity contribution in [2.24, 2.45) is 0 Å². The fourth-order valence-corrected chi connectivity index (χ4v) is 4.27. The van der Waals surface area contributed by atoms with Crippen molar-refractivity contribution in [2.75, 3.05) is 5.32 Å². The van der Waals surface area contributed by atoms with Gasteiger partial charge in [-0.2, -0.15) is 0 Å². The Labute approximate surface area is 181 Å². The summed E-state index contributed by atoms with van der Waals surface area (Å²) in [6, 6.07) is 23.0. The second kappa shape index (κ2) is 7.74. The van der Waals surface area contributed by atoms with Gasteiger partial charge >= 0.3 is 0 Å². The molecule has 146 valence electrons. The van der Waals surface area contributed by atoms with Crippen LogP contribution in [0.5, 0.6) is 0 Å². The monoisotopic (exact) mass is 430 g/mol. The van der Waals surface area contributed by atoms with Crippen molar-refractivity contribution >= 4 is 45.7 Å². The molecule has 30 heavy (non-hydrogen) atoms. The standard InChI is InChI=1S/C23H15ClN4OS/c24-21-11-10-20(30-21)19-13-25-23(27-19)28-22(29)16-12-18(14-6-2-1-3-7-14)26-17-9-5-4-8-15(16)17/h1-13H,(H2,25,27,28,29). The fourth-order valence-electron chi connectivity index (χ4n) is 3.26. The normalized spacial score (nSPS) is 11.0. The molecule has 0 aliphatic heterocycles. The van der Waals surface area contributed by atoms with Crippen LogP contribution in [0, 0.1) is 0 Å². The minimum Gasteiger partial charge on any atom is -0.323 e. The summed E-state index contributed by atoms with van der Waals surface area (Å²) in [5.74, 6) is 0.123. The number of para-hydroxylation sites is 1. The van der Waals surface area contributed by atoms with E-state index in [1.165, 1.54) is 11.3 Å². The van der Waals surface area contributed by atoms with E-state index in [2.05, 4.69) is 15.3 Å². The molecule has 2 N–H and O–H groups in total. The zero-order valence-electron chi connectivity index (χ0n) is 15.6. The van der Waals surface area contributed by atoms with Crippen LogP contribution >= 0.6 is 22.9 Å². The topological polar surface area (TPSA) is 70.7 Å². The molecule has 3 aromatic heterocycles. The highest BCUT2D eigenvalue weighted by Gasteiger charge is 2.16. The van der Waals surface area contributed by atoms with Gasteiger partial charge in [0.05, 0.1) is 37.9 Å². The van der Waals surface area contributed by atoms with Crippen LogP contribution < -0.4 is 5.32 Å². The molecule has 5 aromatic rings. The SMILES string of the molecule is O=C(Nc1ncc(-c2ccc(Cl)s2)[nH]1)c1cc(-c2ccccc2)nc2ccccc12. The molecular formula is C23H15ClN4OS. The van der Waals surface area contributed by atoms with Gasteiger partial charge in [-0.15, -0.1) is 11.3 Å². The lowest BCUT2D eigenvalue weighted by Gasteiger charge is -2.09. The van der Waals surface area contributed by atoms with Gasteiger partial charge in [-0.3, -0.25) is 10.1 Å². The number of H-pyrrole nitrogens is 1. The molecule has 0 unspecified atom stereocenters. The lowest BCUT2D eigenvalue weighted by Crippen LogP contribution is -2.14. The van der Waals surface area contributed by atoms with Crippen molar-refractivity contribution in [1.29, 1.82) is 0 Å². The Balaban J connectivity index is 1.51. The zero-order valence-corrected chi connectivity index (χ0v) is 17.2. The summed E-state index contributed by atoms with van der Waals surface area (Å²) in [7, 11) is 0. The van der Waals surface area contributed by atoms with Gasteiger partial charge in [0.2, 0.25) is 5.95 Å². The molecule has 5 rings (SSSR count). The van der Waals surface area contributed by atoms with Gasteiger partial charge in [0, 0.05) is 10.9 Å². The van der Waals surface area contributed by atoms with Crippen LogP contribution in [0.1, 0.15) is 10.4 Å². The molecule has 3 heterocycles. The number of aromatic nitrogens is 3. The molecule has 0 saturated heterocycles. The molecule has 0 fully saturated rings. The Morgan fingerprint density at radius 1 is 1.00 bits per heavy atom. The number of imidazole rings is 1. The number of amides is 1. The molecule has 0 spiro atoms. The number of anilines is 1. The first-order valence-corrected chi connectivity index (χ1v) is 10.4. The maximum atomic E-state index is 13.1. The van der Waals surface area contributed by atoms with E-state index in [4.69, 9.17) is 16.6 Å². The van der Waals surface area contributed by atoms with Crippen LogP contribution in [-0.2, 0) is 0 Å². The summed E-state index contributed by atoms with van der Waals surface area (Å²) >= 11 is 7.45. The van der Waals surface area contributed by atoms with Crippen LogP contribution in [-0.4, -0.2) is 20.9 Å². The highest BCUT2D eigenvalue weighted by molar-refractivity contribution is 7.19. The predicted molar refractivity (Wildman–Crippen MR) is 122 cm³/mol. The van der Waals surface area contributed by atoms with E-state index < -0.39 is 0 Å². The van der Waals surface area contributed by atoms with Crippen LogP contribution in [0.15, 0.2) is 79.0 Å². The number of thiophene rings is 1. The van der Waals surface area contributed by atoms with E-state index in [0.717, 1.165) is 32.7 Å². The number of hydrogen-bond donors (Lipinski definition) is 2. The number of pyridine rings is 1. The largest absolute Gasteiger partial charge is 0.323 e. The average Bonchev–Trinajstić information content (AvgIpc) is 3.42. The number of hydrogen-bond acceptors (Lipinski definition) is 4. The number of halogens is 1. The minimum absolute atomic E-state index is 0.254. The Hall–Kier alpha value is -3.48. The third-order valence-electron chi connectivity index (χ3n) is 4.68. The van der Waals surface area contributed by atoms with E-state index in [1.807, 2.05) is 72.8 Å². The Bertz CT molecular complexity index is 1360. The minimum atomic E-state index is -0.254. The lowest BCUT2D eigenvalue weighted by molar-refractivity contribution is 0.102. The van der Waals surface area contributed by atoms with Gasteiger partial charge in [-0.25, -0.2) is 9.97 Å². The quantitative estimate of drug-likeness (QED) is 0.353. The Morgan fingerprint density at radius 2 is 1.80 bits per heavy atom. The summed E-state index contributed by atoms with van der Waals surface area (Å²) in [6.45, 7) is 0. The Kier molecular flexibility index (Phi) is 4.78. The summed E-state index contributed by atoms with van der Waals surface area (Å²) in [4.78, 5) is 26.2. The van der Waals surface area contributed by atoms with E-state index >= 15 is 0 Å². The van der Waals surface area contributed by atoms with Crippen molar-refractivity contribution in [2.45, 2.75) is 0 Å². The van der Waals surface area contributed by atoms with E-state index in [1.54, 1.807) is 6.20 Å². The number of carbonyl (C=O) groups is 1. The first-order valence-electron chi connectivity index (χ1n) is 9.25. The van der Waals surface area contributed by atoms with E-state index in [-0.39, 0.29) is 5.91 Å². The van der Waals surface area contributed by atoms with Crippen molar-refractivity contribution in [3.8, 4) is 21.8 Å². The number of rotatable bonds is 4. The molecule has 0 aliphatic rings. The van der Waals surface area contributed by atoms with E-state index in [0.29, 0.717) is 15.8 Å². The van der Waals surface area contributed by atoms with Gasteiger partial charge < -0.3 is 4.98 Å². The molecular weight excluding hydrogens is 416 g/mol. The summed E-state index contributed by atoms with van der Waals surface area (Å²) in [5, 5.41) is 3.65. The highest BCUT2D eigenvalue weighted by atomic mass is 35.5. The number of benzene rings is 2. The van der Waals surface area contributed by atoms with Crippen LogP contribution in [0.2, 0.25) is 4.34 Å². The van der Waals surface area contributed by atoms with Crippen molar-refractivity contribution in [3.63, 3.8) is 0 Å². The van der Waals surface area contributed by atoms with Crippen molar-refractivity contribution < 1.29 is 4.79 Å². The van der Waals surface area contributed by atoms with Crippen LogP contribution in [0.25, 0.3) is 32.7 Å². The molecule has 2 aromatic carbocycles. The number of carbonyl (C=O) groups excluding carboxylic acids is 1. The van der Waals surface area contributed by atoms with Crippen LogP contribution in [0.3, 0.4) is 0 Å². The first kappa shape index (κ1) is 18.5. The van der Waals surface area contributed by atoms with Gasteiger partial charge in [0.15, 0.2) is 0 Å². The smallest absolute Gasteiger partial charge is 0.258 e. The second-order valence-corrected chi connectivity index (χ2v) is 8.36. The first-order chi connectivity index (χ1) is 14.7. The maximum absolute atomic E-state index is 13.1. The number of nitrogens with zero attached hydrogens (tertiary/aromatic N) is 2. The van der Waals surface area contributed by atoms with E-state index in [9.17, 15) is 4.79 Å². The number of fused-ring (bicyclic) bond motifs is 1. The molecule has 0 atom stereocenters. The fraction of sp³-hybridized carbons (Fsp3) is 0. The Morgan fingerprint density at radius 3 is 2.60 bits per heavy atom. The molecule has 0 aliphatic carbocycles. The highest BCUT2D eigenvalue weighted by Crippen LogP contribution is 2.30. The molecule has 7 heteroatoms. The number of aromatic amines is 1.